The maximum absolute atomic E-state index is 13.1. The number of benzene rings is 1. The second-order valence-electron chi connectivity index (χ2n) is 9.40. The Morgan fingerprint density at radius 3 is 2.45 bits per heavy atom. The number of carboxylic acids is 1. The summed E-state index contributed by atoms with van der Waals surface area (Å²) in [6, 6.07) is 7.43. The van der Waals surface area contributed by atoms with Gasteiger partial charge in [0.15, 0.2) is 0 Å². The second kappa shape index (κ2) is 9.84. The summed E-state index contributed by atoms with van der Waals surface area (Å²) in [4.78, 5) is 40.9. The zero-order chi connectivity index (χ0) is 21.8. The van der Waals surface area contributed by atoms with Gasteiger partial charge in [0.2, 0.25) is 11.8 Å². The number of aryl methyl sites for hydroxylation is 1. The van der Waals surface area contributed by atoms with E-state index in [9.17, 15) is 19.5 Å². The molecule has 3 atom stereocenters. The van der Waals surface area contributed by atoms with E-state index in [2.05, 4.69) is 24.3 Å². The van der Waals surface area contributed by atoms with Gasteiger partial charge in [-0.3, -0.25) is 9.59 Å². The van der Waals surface area contributed by atoms with Crippen LogP contribution < -0.4 is 0 Å². The summed E-state index contributed by atoms with van der Waals surface area (Å²) in [6.07, 6.45) is 9.46. The van der Waals surface area contributed by atoms with Crippen LogP contribution in [0.1, 0.15) is 68.9 Å². The minimum atomic E-state index is -0.936. The first-order chi connectivity index (χ1) is 15.0. The number of carbonyl (C=O) groups excluding carboxylic acids is 2. The molecule has 4 rings (SSSR count). The summed E-state index contributed by atoms with van der Waals surface area (Å²) in [5.74, 6) is -0.418. The molecule has 6 nitrogen and oxygen atoms in total. The Bertz CT molecular complexity index is 823. The van der Waals surface area contributed by atoms with Crippen LogP contribution in [0.3, 0.4) is 0 Å². The number of piperidine rings is 1. The lowest BCUT2D eigenvalue weighted by Crippen LogP contribution is -2.55. The van der Waals surface area contributed by atoms with Crippen LogP contribution in [0.25, 0.3) is 0 Å². The molecule has 0 radical (unpaired) electrons. The van der Waals surface area contributed by atoms with Gasteiger partial charge in [0.25, 0.3) is 0 Å². The molecule has 1 N–H and O–H groups in total. The van der Waals surface area contributed by atoms with E-state index in [1.165, 1.54) is 22.4 Å². The van der Waals surface area contributed by atoms with Gasteiger partial charge in [-0.15, -0.1) is 0 Å². The van der Waals surface area contributed by atoms with E-state index >= 15 is 0 Å². The van der Waals surface area contributed by atoms with E-state index in [4.69, 9.17) is 0 Å². The molecule has 2 fully saturated rings. The van der Waals surface area contributed by atoms with E-state index in [0.29, 0.717) is 44.7 Å². The molecule has 0 aromatic heterocycles. The molecular weight excluding hydrogens is 392 g/mol. The van der Waals surface area contributed by atoms with Gasteiger partial charge in [0.1, 0.15) is 12.1 Å². The highest BCUT2D eigenvalue weighted by Crippen LogP contribution is 2.29. The van der Waals surface area contributed by atoms with E-state index in [1.54, 1.807) is 4.90 Å². The predicted octanol–water partition coefficient (Wildman–Crippen LogP) is 3.42. The lowest BCUT2D eigenvalue weighted by atomic mass is 9.81. The first-order valence-electron chi connectivity index (χ1n) is 11.9. The van der Waals surface area contributed by atoms with Crippen molar-refractivity contribution in [3.63, 3.8) is 0 Å². The fourth-order valence-corrected chi connectivity index (χ4v) is 5.67. The van der Waals surface area contributed by atoms with Crippen LogP contribution in [0.5, 0.6) is 0 Å². The Kier molecular flexibility index (Phi) is 6.93. The second-order valence-corrected chi connectivity index (χ2v) is 9.40. The summed E-state index contributed by atoms with van der Waals surface area (Å²) in [7, 11) is 0. The number of hydrogen-bond acceptors (Lipinski definition) is 3. The summed E-state index contributed by atoms with van der Waals surface area (Å²) < 4.78 is 0. The zero-order valence-corrected chi connectivity index (χ0v) is 18.3. The van der Waals surface area contributed by atoms with Crippen molar-refractivity contribution < 1.29 is 19.5 Å². The molecule has 31 heavy (non-hydrogen) atoms. The molecule has 2 unspecified atom stereocenters. The Balaban J connectivity index is 1.30. The highest BCUT2D eigenvalue weighted by molar-refractivity contribution is 5.91. The molecule has 3 aliphatic rings. The van der Waals surface area contributed by atoms with Gasteiger partial charge in [-0.2, -0.15) is 0 Å². The van der Waals surface area contributed by atoms with Gasteiger partial charge in [0.05, 0.1) is 0 Å². The maximum atomic E-state index is 13.1. The SMILES string of the molecule is O=C(O)[C@@H]1CCCN1C(=O)C1CCCCN1C(=O)CCCC1CCc2ccccc2C1. The molecule has 2 aliphatic heterocycles. The van der Waals surface area contributed by atoms with Crippen LogP contribution in [-0.4, -0.2) is 57.9 Å². The van der Waals surface area contributed by atoms with Crippen molar-refractivity contribution in [3.05, 3.63) is 35.4 Å². The largest absolute Gasteiger partial charge is 0.480 e. The van der Waals surface area contributed by atoms with Gasteiger partial charge < -0.3 is 14.9 Å². The van der Waals surface area contributed by atoms with E-state index in [-0.39, 0.29) is 11.8 Å². The Labute approximate surface area is 184 Å². The first-order valence-corrected chi connectivity index (χ1v) is 11.9. The standard InChI is InChI=1S/C25H34N2O4/c28-23(12-5-7-18-13-14-19-8-1-2-9-20(19)17-18)26-15-4-3-10-21(26)24(29)27-16-6-11-22(27)25(30)31/h1-2,8-9,18,21-22H,3-7,10-17H2,(H,30,31)/t18?,21?,22-/m0/s1. The maximum Gasteiger partial charge on any atom is 0.326 e. The molecule has 1 aromatic rings. The average Bonchev–Trinajstić information content (AvgIpc) is 3.29. The molecule has 1 aliphatic carbocycles. The number of fused-ring (bicyclic) bond motifs is 1. The third kappa shape index (κ3) is 4.94. The molecular formula is C25H34N2O4. The Morgan fingerprint density at radius 1 is 0.903 bits per heavy atom. The van der Waals surface area contributed by atoms with Gasteiger partial charge >= 0.3 is 5.97 Å². The minimum absolute atomic E-state index is 0.0559. The fraction of sp³-hybridized carbons (Fsp3) is 0.640. The molecule has 0 saturated carbocycles. The number of amides is 2. The quantitative estimate of drug-likeness (QED) is 0.756. The number of rotatable bonds is 6. The van der Waals surface area contributed by atoms with Gasteiger partial charge in [-0.1, -0.05) is 24.3 Å². The number of hydrogen-bond donors (Lipinski definition) is 1. The van der Waals surface area contributed by atoms with Crippen LogP contribution in [0.2, 0.25) is 0 Å². The Hall–Kier alpha value is -2.37. The molecule has 0 bridgehead atoms. The van der Waals surface area contributed by atoms with Gasteiger partial charge in [-0.05, 0) is 81.3 Å². The lowest BCUT2D eigenvalue weighted by molar-refractivity contribution is -0.154. The van der Waals surface area contributed by atoms with Crippen LogP contribution in [-0.2, 0) is 27.2 Å². The molecule has 2 saturated heterocycles. The summed E-state index contributed by atoms with van der Waals surface area (Å²) in [5.41, 5.74) is 2.91. The van der Waals surface area contributed by atoms with Crippen molar-refractivity contribution in [2.45, 2.75) is 82.7 Å². The zero-order valence-electron chi connectivity index (χ0n) is 18.3. The van der Waals surface area contributed by atoms with Crippen LogP contribution in [0.15, 0.2) is 24.3 Å². The van der Waals surface area contributed by atoms with E-state index in [1.807, 2.05) is 0 Å². The smallest absolute Gasteiger partial charge is 0.326 e. The third-order valence-electron chi connectivity index (χ3n) is 7.38. The molecule has 0 spiro atoms. The number of carbonyl (C=O) groups is 3. The molecule has 6 heteroatoms. The summed E-state index contributed by atoms with van der Waals surface area (Å²) >= 11 is 0. The van der Waals surface area contributed by atoms with Crippen molar-refractivity contribution >= 4 is 17.8 Å². The number of carboxylic acid groups (broad SMARTS) is 1. The third-order valence-corrected chi connectivity index (χ3v) is 7.38. The number of nitrogens with zero attached hydrogens (tertiary/aromatic N) is 2. The number of likely N-dealkylation sites (tertiary alicyclic amines) is 2. The predicted molar refractivity (Wildman–Crippen MR) is 118 cm³/mol. The van der Waals surface area contributed by atoms with Crippen molar-refractivity contribution in [1.82, 2.24) is 9.80 Å². The van der Waals surface area contributed by atoms with Crippen molar-refractivity contribution in [2.24, 2.45) is 5.92 Å². The minimum Gasteiger partial charge on any atom is -0.480 e. The van der Waals surface area contributed by atoms with E-state index in [0.717, 1.165) is 38.5 Å². The summed E-state index contributed by atoms with van der Waals surface area (Å²) in [5, 5.41) is 9.43. The molecule has 2 heterocycles. The molecule has 168 valence electrons. The monoisotopic (exact) mass is 426 g/mol. The van der Waals surface area contributed by atoms with Crippen LogP contribution in [0.4, 0.5) is 0 Å². The van der Waals surface area contributed by atoms with E-state index < -0.39 is 18.1 Å². The van der Waals surface area contributed by atoms with Gasteiger partial charge in [0, 0.05) is 19.5 Å². The highest BCUT2D eigenvalue weighted by atomic mass is 16.4. The summed E-state index contributed by atoms with van der Waals surface area (Å²) in [6.45, 7) is 1.09. The fourth-order valence-electron chi connectivity index (χ4n) is 5.67. The van der Waals surface area contributed by atoms with Gasteiger partial charge in [-0.25, -0.2) is 4.79 Å². The topological polar surface area (TPSA) is 77.9 Å². The first kappa shape index (κ1) is 21.8. The average molecular weight is 427 g/mol. The highest BCUT2D eigenvalue weighted by Gasteiger charge is 2.40. The van der Waals surface area contributed by atoms with Crippen molar-refractivity contribution in [3.8, 4) is 0 Å². The number of aliphatic carboxylic acids is 1. The lowest BCUT2D eigenvalue weighted by Gasteiger charge is -2.38. The van der Waals surface area contributed by atoms with Crippen molar-refractivity contribution in [1.29, 1.82) is 0 Å². The van der Waals surface area contributed by atoms with Crippen molar-refractivity contribution in [2.75, 3.05) is 13.1 Å². The van der Waals surface area contributed by atoms with Crippen LogP contribution >= 0.6 is 0 Å². The van der Waals surface area contributed by atoms with Crippen LogP contribution in [0, 0.1) is 5.92 Å². The molecule has 2 amide bonds. The Morgan fingerprint density at radius 2 is 1.65 bits per heavy atom. The molecule has 1 aromatic carbocycles. The normalized spacial score (nSPS) is 25.9.